The summed E-state index contributed by atoms with van der Waals surface area (Å²) < 4.78 is 4.81. The van der Waals surface area contributed by atoms with Crippen LogP contribution in [0.1, 0.15) is 72.1 Å². The number of rotatable bonds is 11. The molecule has 0 spiro atoms. The number of unbranched alkanes of at least 4 members (excludes halogenated alkanes) is 6. The Balaban J connectivity index is 3.18. The number of carbonyl (C=O) groups excluding carboxylic acids is 1. The van der Waals surface area contributed by atoms with Crippen LogP contribution >= 0.6 is 0 Å². The van der Waals surface area contributed by atoms with Crippen LogP contribution in [0.5, 0.6) is 0 Å². The second-order valence-corrected chi connectivity index (χ2v) is 5.25. The Morgan fingerprint density at radius 2 is 1.67 bits per heavy atom. The van der Waals surface area contributed by atoms with Crippen molar-refractivity contribution in [2.45, 2.75) is 72.1 Å². The lowest BCUT2D eigenvalue weighted by atomic mass is 10.0. The van der Waals surface area contributed by atoms with Crippen LogP contribution in [-0.4, -0.2) is 12.6 Å². The van der Waals surface area contributed by atoms with Crippen molar-refractivity contribution < 1.29 is 9.53 Å². The van der Waals surface area contributed by atoms with E-state index in [4.69, 9.17) is 4.74 Å². The average molecular weight is 254 g/mol. The molecule has 0 fully saturated rings. The molecule has 0 aliphatic heterocycles. The molecular formula is C16H30O2. The highest BCUT2D eigenvalue weighted by atomic mass is 16.5. The van der Waals surface area contributed by atoms with Crippen LogP contribution < -0.4 is 0 Å². The van der Waals surface area contributed by atoms with E-state index in [-0.39, 0.29) is 5.97 Å². The van der Waals surface area contributed by atoms with Gasteiger partial charge in [-0.25, -0.2) is 4.79 Å². The first-order chi connectivity index (χ1) is 8.66. The van der Waals surface area contributed by atoms with Gasteiger partial charge in [0.15, 0.2) is 0 Å². The topological polar surface area (TPSA) is 26.3 Å². The standard InChI is InChI=1S/C16H30O2/c1-4-18-16(17)14-12-10-8-6-5-7-9-11-13-15(2)3/h12,14-15H,4-11,13H2,1-3H3/b14-12+. The van der Waals surface area contributed by atoms with Crippen LogP contribution in [0.4, 0.5) is 0 Å². The fourth-order valence-corrected chi connectivity index (χ4v) is 1.89. The van der Waals surface area contributed by atoms with E-state index in [0.717, 1.165) is 12.3 Å². The molecule has 2 heteroatoms. The molecule has 0 aromatic heterocycles. The summed E-state index contributed by atoms with van der Waals surface area (Å²) in [6.45, 7) is 6.86. The molecule has 0 radical (unpaired) electrons. The van der Waals surface area contributed by atoms with E-state index in [9.17, 15) is 4.79 Å². The van der Waals surface area contributed by atoms with Gasteiger partial charge in [-0.2, -0.15) is 0 Å². The first-order valence-electron chi connectivity index (χ1n) is 7.50. The number of ether oxygens (including phenoxy) is 1. The van der Waals surface area contributed by atoms with E-state index >= 15 is 0 Å². The highest BCUT2D eigenvalue weighted by Gasteiger charge is 1.95. The SMILES string of the molecule is CCOC(=O)/C=C/CCCCCCCCC(C)C. The second kappa shape index (κ2) is 12.7. The zero-order valence-electron chi connectivity index (χ0n) is 12.4. The van der Waals surface area contributed by atoms with Gasteiger partial charge < -0.3 is 4.74 Å². The predicted molar refractivity (Wildman–Crippen MR) is 77.5 cm³/mol. The van der Waals surface area contributed by atoms with Crippen molar-refractivity contribution in [1.29, 1.82) is 0 Å². The van der Waals surface area contributed by atoms with Crippen LogP contribution in [0.25, 0.3) is 0 Å². The van der Waals surface area contributed by atoms with Crippen molar-refractivity contribution in [2.75, 3.05) is 6.61 Å². The Bertz CT molecular complexity index is 219. The highest BCUT2D eigenvalue weighted by Crippen LogP contribution is 2.12. The van der Waals surface area contributed by atoms with Gasteiger partial charge in [0.1, 0.15) is 0 Å². The van der Waals surface area contributed by atoms with Crippen LogP contribution in [-0.2, 0) is 9.53 Å². The van der Waals surface area contributed by atoms with Gasteiger partial charge in [0.2, 0.25) is 0 Å². The number of esters is 1. The molecule has 0 aliphatic carbocycles. The monoisotopic (exact) mass is 254 g/mol. The number of carbonyl (C=O) groups is 1. The fraction of sp³-hybridized carbons (Fsp3) is 0.812. The second-order valence-electron chi connectivity index (χ2n) is 5.25. The van der Waals surface area contributed by atoms with Crippen molar-refractivity contribution in [3.63, 3.8) is 0 Å². The summed E-state index contributed by atoms with van der Waals surface area (Å²) in [4.78, 5) is 11.0. The summed E-state index contributed by atoms with van der Waals surface area (Å²) >= 11 is 0. The van der Waals surface area contributed by atoms with Crippen molar-refractivity contribution in [3.05, 3.63) is 12.2 Å². The van der Waals surface area contributed by atoms with E-state index in [1.54, 1.807) is 6.08 Å². The molecule has 106 valence electrons. The lowest BCUT2D eigenvalue weighted by Gasteiger charge is -2.03. The Morgan fingerprint density at radius 1 is 1.06 bits per heavy atom. The third kappa shape index (κ3) is 13.3. The van der Waals surface area contributed by atoms with Gasteiger partial charge in [0.05, 0.1) is 6.61 Å². The molecule has 0 saturated carbocycles. The van der Waals surface area contributed by atoms with Gasteiger partial charge in [-0.05, 0) is 25.7 Å². The first kappa shape index (κ1) is 17.2. The molecule has 0 N–H and O–H groups in total. The summed E-state index contributed by atoms with van der Waals surface area (Å²) in [5.41, 5.74) is 0. The molecule has 18 heavy (non-hydrogen) atoms. The molecule has 0 aromatic rings. The molecule has 0 aliphatic rings. The average Bonchev–Trinajstić information content (AvgIpc) is 2.31. The fourth-order valence-electron chi connectivity index (χ4n) is 1.89. The minimum atomic E-state index is -0.216. The van der Waals surface area contributed by atoms with Gasteiger partial charge >= 0.3 is 5.97 Å². The molecule has 0 rings (SSSR count). The number of hydrogen-bond acceptors (Lipinski definition) is 2. The smallest absolute Gasteiger partial charge is 0.330 e. The Morgan fingerprint density at radius 3 is 2.28 bits per heavy atom. The Labute approximate surface area is 113 Å². The van der Waals surface area contributed by atoms with Gasteiger partial charge in [0.25, 0.3) is 0 Å². The summed E-state index contributed by atoms with van der Waals surface area (Å²) in [6, 6.07) is 0. The molecule has 0 heterocycles. The van der Waals surface area contributed by atoms with Crippen molar-refractivity contribution >= 4 is 5.97 Å². The van der Waals surface area contributed by atoms with Gasteiger partial charge in [-0.3, -0.25) is 0 Å². The van der Waals surface area contributed by atoms with E-state index < -0.39 is 0 Å². The summed E-state index contributed by atoms with van der Waals surface area (Å²) in [6.07, 6.45) is 13.7. The minimum Gasteiger partial charge on any atom is -0.463 e. The van der Waals surface area contributed by atoms with E-state index in [1.165, 1.54) is 44.9 Å². The maximum atomic E-state index is 11.0. The van der Waals surface area contributed by atoms with Crippen LogP contribution in [0.2, 0.25) is 0 Å². The molecule has 2 nitrogen and oxygen atoms in total. The minimum absolute atomic E-state index is 0.216. The molecule has 0 unspecified atom stereocenters. The molecule has 0 aromatic carbocycles. The maximum Gasteiger partial charge on any atom is 0.330 e. The van der Waals surface area contributed by atoms with Crippen molar-refractivity contribution in [3.8, 4) is 0 Å². The first-order valence-corrected chi connectivity index (χ1v) is 7.50. The van der Waals surface area contributed by atoms with E-state index in [0.29, 0.717) is 6.61 Å². The highest BCUT2D eigenvalue weighted by molar-refractivity contribution is 5.81. The predicted octanol–water partition coefficient (Wildman–Crippen LogP) is 4.88. The lowest BCUT2D eigenvalue weighted by Crippen LogP contribution is -1.98. The van der Waals surface area contributed by atoms with E-state index in [1.807, 2.05) is 13.0 Å². The Kier molecular flexibility index (Phi) is 12.1. The zero-order chi connectivity index (χ0) is 13.6. The van der Waals surface area contributed by atoms with E-state index in [2.05, 4.69) is 13.8 Å². The zero-order valence-corrected chi connectivity index (χ0v) is 12.4. The van der Waals surface area contributed by atoms with Crippen LogP contribution in [0, 0.1) is 5.92 Å². The summed E-state index contributed by atoms with van der Waals surface area (Å²) in [7, 11) is 0. The molecule has 0 saturated heterocycles. The third-order valence-electron chi connectivity index (χ3n) is 2.94. The summed E-state index contributed by atoms with van der Waals surface area (Å²) in [5.74, 6) is 0.629. The maximum absolute atomic E-state index is 11.0. The third-order valence-corrected chi connectivity index (χ3v) is 2.94. The molecule has 0 amide bonds. The quantitative estimate of drug-likeness (QED) is 0.298. The van der Waals surface area contributed by atoms with Gasteiger partial charge in [-0.1, -0.05) is 58.4 Å². The molecule has 0 bridgehead atoms. The largest absolute Gasteiger partial charge is 0.463 e. The Hall–Kier alpha value is -0.790. The molecular weight excluding hydrogens is 224 g/mol. The lowest BCUT2D eigenvalue weighted by molar-refractivity contribution is -0.137. The van der Waals surface area contributed by atoms with Crippen molar-refractivity contribution in [2.24, 2.45) is 5.92 Å². The van der Waals surface area contributed by atoms with Crippen molar-refractivity contribution in [1.82, 2.24) is 0 Å². The molecule has 0 atom stereocenters. The number of hydrogen-bond donors (Lipinski definition) is 0. The van der Waals surface area contributed by atoms with Gasteiger partial charge in [0, 0.05) is 6.08 Å². The number of allylic oxidation sites excluding steroid dienone is 1. The van der Waals surface area contributed by atoms with Crippen LogP contribution in [0.3, 0.4) is 0 Å². The van der Waals surface area contributed by atoms with Gasteiger partial charge in [-0.15, -0.1) is 0 Å². The summed E-state index contributed by atoms with van der Waals surface area (Å²) in [5, 5.41) is 0. The normalized spacial score (nSPS) is 11.3. The van der Waals surface area contributed by atoms with Crippen LogP contribution in [0.15, 0.2) is 12.2 Å².